The molecule has 1 unspecified atom stereocenters. The van der Waals surface area contributed by atoms with Crippen LogP contribution >= 0.6 is 0 Å². The Morgan fingerprint density at radius 3 is 2.39 bits per heavy atom. The van der Waals surface area contributed by atoms with Crippen LogP contribution in [0.3, 0.4) is 0 Å². The average molecular weight is 318 g/mol. The summed E-state index contributed by atoms with van der Waals surface area (Å²) in [6.07, 6.45) is 0. The van der Waals surface area contributed by atoms with Gasteiger partial charge in [-0.15, -0.1) is 0 Å². The molecule has 23 heavy (non-hydrogen) atoms. The Labute approximate surface area is 137 Å². The van der Waals surface area contributed by atoms with Crippen molar-refractivity contribution in [2.24, 2.45) is 5.92 Å². The fraction of sp³-hybridized carbons (Fsp3) is 0.529. The van der Waals surface area contributed by atoms with Crippen molar-refractivity contribution in [1.29, 1.82) is 0 Å². The van der Waals surface area contributed by atoms with E-state index in [1.54, 1.807) is 0 Å². The maximum absolute atomic E-state index is 12.2. The average Bonchev–Trinajstić information content (AvgIpc) is 2.56. The standard InChI is InChI=1S/C17H26N4O2/c1-14(12-18-2)17(23)21-10-8-20(9-11-21)13-16(22)19-15-6-4-3-5-7-15/h3-7,14,18H,8-13H2,1-2H3,(H,19,22). The maximum atomic E-state index is 12.2. The van der Waals surface area contributed by atoms with Crippen molar-refractivity contribution < 1.29 is 9.59 Å². The van der Waals surface area contributed by atoms with Crippen molar-refractivity contribution >= 4 is 17.5 Å². The Kier molecular flexibility index (Phi) is 6.55. The first kappa shape index (κ1) is 17.4. The number of hydrogen-bond acceptors (Lipinski definition) is 4. The molecule has 126 valence electrons. The molecule has 1 heterocycles. The number of anilines is 1. The van der Waals surface area contributed by atoms with Crippen LogP contribution in [0.5, 0.6) is 0 Å². The molecule has 1 aromatic carbocycles. The minimum absolute atomic E-state index is 0.00655. The summed E-state index contributed by atoms with van der Waals surface area (Å²) in [4.78, 5) is 28.3. The van der Waals surface area contributed by atoms with Gasteiger partial charge in [0, 0.05) is 44.3 Å². The predicted octanol–water partition coefficient (Wildman–Crippen LogP) is 0.625. The number of carbonyl (C=O) groups excluding carboxylic acids is 2. The monoisotopic (exact) mass is 318 g/mol. The van der Waals surface area contributed by atoms with E-state index < -0.39 is 0 Å². The first-order valence-electron chi connectivity index (χ1n) is 8.11. The molecule has 1 aliphatic rings. The van der Waals surface area contributed by atoms with E-state index in [1.165, 1.54) is 0 Å². The number of nitrogens with zero attached hydrogens (tertiary/aromatic N) is 2. The molecule has 2 rings (SSSR count). The van der Waals surface area contributed by atoms with Crippen molar-refractivity contribution in [3.8, 4) is 0 Å². The van der Waals surface area contributed by atoms with E-state index in [2.05, 4.69) is 15.5 Å². The van der Waals surface area contributed by atoms with Gasteiger partial charge in [-0.3, -0.25) is 14.5 Å². The Bertz CT molecular complexity index is 513. The van der Waals surface area contributed by atoms with Crippen LogP contribution in [-0.4, -0.2) is 67.9 Å². The second-order valence-electron chi connectivity index (χ2n) is 5.97. The molecule has 6 heteroatoms. The molecular formula is C17H26N4O2. The highest BCUT2D eigenvalue weighted by molar-refractivity contribution is 5.92. The fourth-order valence-corrected chi connectivity index (χ4v) is 2.76. The number of para-hydroxylation sites is 1. The molecule has 0 saturated carbocycles. The lowest BCUT2D eigenvalue weighted by Crippen LogP contribution is -2.52. The van der Waals surface area contributed by atoms with Crippen LogP contribution in [-0.2, 0) is 9.59 Å². The van der Waals surface area contributed by atoms with Crippen molar-refractivity contribution in [3.63, 3.8) is 0 Å². The van der Waals surface area contributed by atoms with Crippen LogP contribution in [0.4, 0.5) is 5.69 Å². The van der Waals surface area contributed by atoms with Crippen LogP contribution in [0.25, 0.3) is 0 Å². The summed E-state index contributed by atoms with van der Waals surface area (Å²) in [6.45, 7) is 5.84. The van der Waals surface area contributed by atoms with Crippen LogP contribution < -0.4 is 10.6 Å². The van der Waals surface area contributed by atoms with E-state index in [9.17, 15) is 9.59 Å². The molecule has 1 fully saturated rings. The molecular weight excluding hydrogens is 292 g/mol. The van der Waals surface area contributed by atoms with Gasteiger partial charge in [0.15, 0.2) is 0 Å². The van der Waals surface area contributed by atoms with Crippen LogP contribution in [0.15, 0.2) is 30.3 Å². The highest BCUT2D eigenvalue weighted by Crippen LogP contribution is 2.08. The van der Waals surface area contributed by atoms with Gasteiger partial charge in [-0.1, -0.05) is 25.1 Å². The molecule has 0 radical (unpaired) electrons. The number of hydrogen-bond donors (Lipinski definition) is 2. The molecule has 1 saturated heterocycles. The Hall–Kier alpha value is -1.92. The minimum Gasteiger partial charge on any atom is -0.340 e. The van der Waals surface area contributed by atoms with Crippen LogP contribution in [0, 0.1) is 5.92 Å². The van der Waals surface area contributed by atoms with Gasteiger partial charge in [-0.25, -0.2) is 0 Å². The summed E-state index contributed by atoms with van der Waals surface area (Å²) in [5.74, 6) is 0.167. The summed E-state index contributed by atoms with van der Waals surface area (Å²) >= 11 is 0. The summed E-state index contributed by atoms with van der Waals surface area (Å²) in [5, 5.41) is 5.92. The third-order valence-corrected chi connectivity index (χ3v) is 4.04. The Balaban J connectivity index is 1.74. The van der Waals surface area contributed by atoms with Crippen LogP contribution in [0.2, 0.25) is 0 Å². The molecule has 2 N–H and O–H groups in total. The van der Waals surface area contributed by atoms with E-state index >= 15 is 0 Å². The van der Waals surface area contributed by atoms with E-state index in [0.717, 1.165) is 18.8 Å². The number of rotatable bonds is 6. The first-order valence-corrected chi connectivity index (χ1v) is 8.11. The quantitative estimate of drug-likeness (QED) is 0.807. The topological polar surface area (TPSA) is 64.7 Å². The summed E-state index contributed by atoms with van der Waals surface area (Å²) in [6, 6.07) is 9.45. The molecule has 6 nitrogen and oxygen atoms in total. The first-order chi connectivity index (χ1) is 11.1. The molecule has 1 atom stereocenters. The number of piperazine rings is 1. The lowest BCUT2D eigenvalue weighted by molar-refractivity contribution is -0.136. The molecule has 2 amide bonds. The lowest BCUT2D eigenvalue weighted by atomic mass is 10.1. The second kappa shape index (κ2) is 8.64. The van der Waals surface area contributed by atoms with Gasteiger partial charge in [-0.2, -0.15) is 0 Å². The molecule has 0 aliphatic carbocycles. The highest BCUT2D eigenvalue weighted by atomic mass is 16.2. The van der Waals surface area contributed by atoms with E-state index in [4.69, 9.17) is 0 Å². The fourth-order valence-electron chi connectivity index (χ4n) is 2.76. The molecule has 1 aliphatic heterocycles. The number of carbonyl (C=O) groups is 2. The van der Waals surface area contributed by atoms with Gasteiger partial charge in [0.25, 0.3) is 0 Å². The van der Waals surface area contributed by atoms with Gasteiger partial charge >= 0.3 is 0 Å². The van der Waals surface area contributed by atoms with Gasteiger partial charge in [-0.05, 0) is 19.2 Å². The van der Waals surface area contributed by atoms with Crippen molar-refractivity contribution in [1.82, 2.24) is 15.1 Å². The van der Waals surface area contributed by atoms with E-state index in [-0.39, 0.29) is 17.7 Å². The maximum Gasteiger partial charge on any atom is 0.238 e. The smallest absolute Gasteiger partial charge is 0.238 e. The van der Waals surface area contributed by atoms with Crippen molar-refractivity contribution in [3.05, 3.63) is 30.3 Å². The predicted molar refractivity (Wildman–Crippen MR) is 91.2 cm³/mol. The van der Waals surface area contributed by atoms with Gasteiger partial charge < -0.3 is 15.5 Å². The Morgan fingerprint density at radius 2 is 1.78 bits per heavy atom. The SMILES string of the molecule is CNCC(C)C(=O)N1CCN(CC(=O)Nc2ccccc2)CC1. The lowest BCUT2D eigenvalue weighted by Gasteiger charge is -2.35. The van der Waals surface area contributed by atoms with Gasteiger partial charge in [0.2, 0.25) is 11.8 Å². The van der Waals surface area contributed by atoms with Crippen molar-refractivity contribution in [2.45, 2.75) is 6.92 Å². The number of benzene rings is 1. The van der Waals surface area contributed by atoms with Gasteiger partial charge in [0.05, 0.1) is 6.54 Å². The zero-order chi connectivity index (χ0) is 16.7. The van der Waals surface area contributed by atoms with E-state index in [1.807, 2.05) is 49.2 Å². The molecule has 0 spiro atoms. The highest BCUT2D eigenvalue weighted by Gasteiger charge is 2.25. The van der Waals surface area contributed by atoms with Crippen molar-refractivity contribution in [2.75, 3.05) is 51.6 Å². The third kappa shape index (κ3) is 5.33. The minimum atomic E-state index is -0.0143. The molecule has 0 bridgehead atoms. The summed E-state index contributed by atoms with van der Waals surface area (Å²) < 4.78 is 0. The zero-order valence-corrected chi connectivity index (χ0v) is 13.9. The normalized spacial score (nSPS) is 16.9. The zero-order valence-electron chi connectivity index (χ0n) is 13.9. The number of amides is 2. The number of nitrogens with one attached hydrogen (secondary N) is 2. The van der Waals surface area contributed by atoms with E-state index in [0.29, 0.717) is 26.2 Å². The molecule has 0 aromatic heterocycles. The summed E-state index contributed by atoms with van der Waals surface area (Å²) in [5.41, 5.74) is 0.812. The summed E-state index contributed by atoms with van der Waals surface area (Å²) in [7, 11) is 1.85. The van der Waals surface area contributed by atoms with Crippen LogP contribution in [0.1, 0.15) is 6.92 Å². The Morgan fingerprint density at radius 1 is 1.13 bits per heavy atom. The van der Waals surface area contributed by atoms with Gasteiger partial charge in [0.1, 0.15) is 0 Å². The largest absolute Gasteiger partial charge is 0.340 e. The second-order valence-corrected chi connectivity index (χ2v) is 5.97. The third-order valence-electron chi connectivity index (χ3n) is 4.04. The molecule has 1 aromatic rings.